The zero-order valence-corrected chi connectivity index (χ0v) is 23.5. The molecule has 212 valence electrons. The molecule has 0 aromatic heterocycles. The molecule has 0 spiro atoms. The van der Waals surface area contributed by atoms with Gasteiger partial charge in [-0.3, -0.25) is 19.2 Å². The second-order valence-corrected chi connectivity index (χ2v) is 11.9. The maximum atomic E-state index is 14.1. The maximum Gasteiger partial charge on any atom is 0.316 e. The maximum absolute atomic E-state index is 14.1. The van der Waals surface area contributed by atoms with E-state index in [1.807, 2.05) is 61.5 Å². The Morgan fingerprint density at radius 3 is 1.79 bits per heavy atom. The molecule has 2 bridgehead atoms. The van der Waals surface area contributed by atoms with Crippen LogP contribution < -0.4 is 14.5 Å². The highest BCUT2D eigenvalue weighted by molar-refractivity contribution is 6.23. The van der Waals surface area contributed by atoms with E-state index in [-0.39, 0.29) is 42.5 Å². The smallest absolute Gasteiger partial charge is 0.316 e. The summed E-state index contributed by atoms with van der Waals surface area (Å²) in [5, 5.41) is 0. The lowest BCUT2D eigenvalue weighted by atomic mass is 9.55. The Balaban J connectivity index is 1.05. The summed E-state index contributed by atoms with van der Waals surface area (Å²) >= 11 is 0. The van der Waals surface area contributed by atoms with Crippen LogP contribution in [0, 0.1) is 24.7 Å². The average molecular weight is 569 g/mol. The van der Waals surface area contributed by atoms with Crippen molar-refractivity contribution in [3.8, 4) is 5.75 Å². The number of ether oxygens (including phenoxy) is 1. The Labute approximate surface area is 248 Å². The minimum absolute atomic E-state index is 0.0808. The summed E-state index contributed by atoms with van der Waals surface area (Å²) < 4.78 is 5.70. The van der Waals surface area contributed by atoms with Gasteiger partial charge in [0.05, 0.1) is 23.4 Å². The van der Waals surface area contributed by atoms with Gasteiger partial charge in [0.2, 0.25) is 17.7 Å². The molecule has 5 aliphatic rings. The van der Waals surface area contributed by atoms with Crippen LogP contribution >= 0.6 is 0 Å². The minimum Gasteiger partial charge on any atom is -0.426 e. The largest absolute Gasteiger partial charge is 0.426 e. The molecule has 2 heterocycles. The van der Waals surface area contributed by atoms with E-state index < -0.39 is 23.7 Å². The van der Waals surface area contributed by atoms with Gasteiger partial charge < -0.3 is 9.64 Å². The molecule has 2 saturated heterocycles. The molecule has 7 heteroatoms. The van der Waals surface area contributed by atoms with Crippen molar-refractivity contribution in [3.05, 3.63) is 125 Å². The molecule has 0 N–H and O–H groups in total. The third-order valence-corrected chi connectivity index (χ3v) is 9.60. The van der Waals surface area contributed by atoms with E-state index in [0.29, 0.717) is 17.0 Å². The molecule has 4 aromatic rings. The highest BCUT2D eigenvalue weighted by Crippen LogP contribution is 2.61. The van der Waals surface area contributed by atoms with Crippen LogP contribution in [-0.2, 0) is 19.2 Å². The molecule has 3 aliphatic carbocycles. The summed E-state index contributed by atoms with van der Waals surface area (Å²) in [6, 6.07) is 30.6. The Kier molecular flexibility index (Phi) is 5.66. The molecule has 7 nitrogen and oxygen atoms in total. The number of rotatable bonds is 4. The molecule has 0 unspecified atom stereocenters. The Morgan fingerprint density at radius 2 is 1.26 bits per heavy atom. The lowest BCUT2D eigenvalue weighted by Gasteiger charge is -2.45. The van der Waals surface area contributed by atoms with Crippen molar-refractivity contribution in [2.45, 2.75) is 25.2 Å². The summed E-state index contributed by atoms with van der Waals surface area (Å²) in [4.78, 5) is 56.8. The predicted molar refractivity (Wildman–Crippen MR) is 160 cm³/mol. The second kappa shape index (κ2) is 9.49. The van der Waals surface area contributed by atoms with Crippen LogP contribution in [0.2, 0.25) is 0 Å². The number of esters is 1. The normalized spacial score (nSPS) is 25.0. The predicted octanol–water partition coefficient (Wildman–Crippen LogP) is 5.35. The lowest BCUT2D eigenvalue weighted by molar-refractivity contribution is -0.139. The SMILES string of the molecule is Cc1cc(OC(=O)[C@H]2CC(=O)N(c3ccccc3)C2)ccc1N1C(=O)[C@@H]2C3c4ccccc4C(c4ccccc43)[C@@H]2C1=O. The van der Waals surface area contributed by atoms with Crippen LogP contribution in [0.4, 0.5) is 11.4 Å². The number of imide groups is 1. The monoisotopic (exact) mass is 568 g/mol. The molecule has 0 radical (unpaired) electrons. The summed E-state index contributed by atoms with van der Waals surface area (Å²) in [5.41, 5.74) is 6.43. The fraction of sp³-hybridized carbons (Fsp3) is 0.222. The van der Waals surface area contributed by atoms with Crippen molar-refractivity contribution in [3.63, 3.8) is 0 Å². The van der Waals surface area contributed by atoms with E-state index in [2.05, 4.69) is 24.3 Å². The molecule has 9 rings (SSSR count). The molecule has 43 heavy (non-hydrogen) atoms. The van der Waals surface area contributed by atoms with Gasteiger partial charge in [0.25, 0.3) is 0 Å². The van der Waals surface area contributed by atoms with Gasteiger partial charge in [0, 0.05) is 30.5 Å². The zero-order chi connectivity index (χ0) is 29.4. The first kappa shape index (κ1) is 25.7. The van der Waals surface area contributed by atoms with Gasteiger partial charge in [-0.2, -0.15) is 0 Å². The van der Waals surface area contributed by atoms with Crippen molar-refractivity contribution in [2.24, 2.45) is 17.8 Å². The third kappa shape index (κ3) is 3.74. The fourth-order valence-corrected chi connectivity index (χ4v) is 7.78. The highest BCUT2D eigenvalue weighted by Gasteiger charge is 2.61. The Bertz CT molecular complexity index is 1730. The molecular weight excluding hydrogens is 540 g/mol. The number of amides is 3. The van der Waals surface area contributed by atoms with Crippen LogP contribution in [0.1, 0.15) is 46.1 Å². The number of carbonyl (C=O) groups is 4. The number of benzene rings is 4. The summed E-state index contributed by atoms with van der Waals surface area (Å²) in [5.74, 6) is -2.53. The summed E-state index contributed by atoms with van der Waals surface area (Å²) in [7, 11) is 0. The number of hydrogen-bond donors (Lipinski definition) is 0. The average Bonchev–Trinajstić information content (AvgIpc) is 3.55. The number of carbonyl (C=O) groups excluding carboxylic acids is 4. The summed E-state index contributed by atoms with van der Waals surface area (Å²) in [6.45, 7) is 2.06. The van der Waals surface area contributed by atoms with Gasteiger partial charge in [0.1, 0.15) is 5.75 Å². The number of hydrogen-bond acceptors (Lipinski definition) is 5. The van der Waals surface area contributed by atoms with Crippen LogP contribution in [0.25, 0.3) is 0 Å². The number of nitrogens with zero attached hydrogens (tertiary/aromatic N) is 2. The molecule has 0 saturated carbocycles. The van der Waals surface area contributed by atoms with Gasteiger partial charge in [-0.25, -0.2) is 4.90 Å². The van der Waals surface area contributed by atoms with Gasteiger partial charge in [0.15, 0.2) is 0 Å². The highest BCUT2D eigenvalue weighted by atomic mass is 16.5. The molecule has 2 aliphatic heterocycles. The van der Waals surface area contributed by atoms with E-state index >= 15 is 0 Å². The number of anilines is 2. The van der Waals surface area contributed by atoms with E-state index in [1.165, 1.54) is 4.90 Å². The number of aryl methyl sites for hydroxylation is 1. The topological polar surface area (TPSA) is 84.0 Å². The van der Waals surface area contributed by atoms with Crippen LogP contribution in [-0.4, -0.2) is 30.2 Å². The second-order valence-electron chi connectivity index (χ2n) is 11.9. The lowest BCUT2D eigenvalue weighted by Crippen LogP contribution is -2.41. The van der Waals surface area contributed by atoms with Crippen molar-refractivity contribution in [1.29, 1.82) is 0 Å². The first-order chi connectivity index (χ1) is 20.9. The third-order valence-electron chi connectivity index (χ3n) is 9.60. The van der Waals surface area contributed by atoms with E-state index in [1.54, 1.807) is 23.1 Å². The van der Waals surface area contributed by atoms with Crippen LogP contribution in [0.5, 0.6) is 5.75 Å². The Hall–Kier alpha value is -5.04. The molecule has 2 fully saturated rings. The van der Waals surface area contributed by atoms with Gasteiger partial charge in [-0.15, -0.1) is 0 Å². The van der Waals surface area contributed by atoms with Gasteiger partial charge in [-0.05, 0) is 65.1 Å². The molecule has 3 amide bonds. The van der Waals surface area contributed by atoms with E-state index in [0.717, 1.165) is 27.9 Å². The van der Waals surface area contributed by atoms with E-state index in [9.17, 15) is 19.2 Å². The van der Waals surface area contributed by atoms with E-state index in [4.69, 9.17) is 4.74 Å². The number of para-hydroxylation sites is 1. The molecular formula is C36H28N2O5. The van der Waals surface area contributed by atoms with Crippen molar-refractivity contribution < 1.29 is 23.9 Å². The van der Waals surface area contributed by atoms with Gasteiger partial charge in [-0.1, -0.05) is 66.7 Å². The van der Waals surface area contributed by atoms with Crippen molar-refractivity contribution in [2.75, 3.05) is 16.3 Å². The van der Waals surface area contributed by atoms with Gasteiger partial charge >= 0.3 is 5.97 Å². The van der Waals surface area contributed by atoms with Crippen molar-refractivity contribution >= 4 is 35.1 Å². The quantitative estimate of drug-likeness (QED) is 0.188. The first-order valence-corrected chi connectivity index (χ1v) is 14.7. The van der Waals surface area contributed by atoms with Crippen LogP contribution in [0.3, 0.4) is 0 Å². The fourth-order valence-electron chi connectivity index (χ4n) is 7.78. The standard InChI is InChI=1S/C36H28N2O5/c1-20-17-23(43-36(42)21-18-29(39)37(19-21)22-9-3-2-4-10-22)15-16-28(20)38-34(40)32-30-24-11-5-6-12-25(24)31(33(32)35(38)41)27-14-8-7-13-26(27)30/h2-17,21,30-33H,18-19H2,1H3/t21-,30?,31?,32-,33+/m0/s1. The Morgan fingerprint density at radius 1 is 0.721 bits per heavy atom. The minimum atomic E-state index is -0.587. The summed E-state index contributed by atoms with van der Waals surface area (Å²) in [6.07, 6.45) is 0.0808. The zero-order valence-electron chi connectivity index (χ0n) is 23.5. The van der Waals surface area contributed by atoms with Crippen molar-refractivity contribution in [1.82, 2.24) is 0 Å². The van der Waals surface area contributed by atoms with Crippen LogP contribution in [0.15, 0.2) is 97.1 Å². The first-order valence-electron chi connectivity index (χ1n) is 14.7. The molecule has 3 atom stereocenters. The molecule has 4 aromatic carbocycles.